The first-order valence-corrected chi connectivity index (χ1v) is 12.9. The second kappa shape index (κ2) is 9.10. The van der Waals surface area contributed by atoms with Gasteiger partial charge in [-0.1, -0.05) is 12.1 Å². The van der Waals surface area contributed by atoms with Crippen molar-refractivity contribution in [3.8, 4) is 11.3 Å². The molecule has 4 aromatic heterocycles. The largest absolute Gasteiger partial charge is 0.345 e. The van der Waals surface area contributed by atoms with Gasteiger partial charge in [0, 0.05) is 41.3 Å². The maximum atomic E-state index is 15.5. The zero-order valence-electron chi connectivity index (χ0n) is 19.7. The first-order chi connectivity index (χ1) is 18.7. The molecule has 8 nitrogen and oxygen atoms in total. The molecule has 12 heteroatoms. The molecule has 0 bridgehead atoms. The minimum atomic E-state index is -4.44. The molecule has 0 fully saturated rings. The van der Waals surface area contributed by atoms with Crippen LogP contribution < -0.4 is 4.72 Å². The van der Waals surface area contributed by atoms with Crippen LogP contribution in [0.2, 0.25) is 0 Å². The Kier molecular flexibility index (Phi) is 5.69. The number of hydrogen-bond donors (Lipinski definition) is 2. The molecule has 4 heterocycles. The lowest BCUT2D eigenvalue weighted by Gasteiger charge is -2.12. The molecule has 0 spiro atoms. The number of nitrogens with one attached hydrogen (secondary N) is 2. The molecular weight excluding hydrogens is 531 g/mol. The van der Waals surface area contributed by atoms with E-state index in [0.29, 0.717) is 27.9 Å². The van der Waals surface area contributed by atoms with Crippen molar-refractivity contribution in [3.63, 3.8) is 0 Å². The summed E-state index contributed by atoms with van der Waals surface area (Å²) < 4.78 is 72.9. The fourth-order valence-electron chi connectivity index (χ4n) is 4.22. The number of imidazole rings is 1. The zero-order chi connectivity index (χ0) is 27.3. The van der Waals surface area contributed by atoms with Crippen molar-refractivity contribution in [1.82, 2.24) is 19.4 Å². The van der Waals surface area contributed by atoms with Crippen molar-refractivity contribution in [1.29, 1.82) is 0 Å². The summed E-state index contributed by atoms with van der Waals surface area (Å²) in [7, 11) is -4.44. The van der Waals surface area contributed by atoms with E-state index in [0.717, 1.165) is 30.3 Å². The fraction of sp³-hybridized carbons (Fsp3) is 0. The number of rotatable bonds is 6. The number of carbonyl (C=O) groups is 1. The van der Waals surface area contributed by atoms with Crippen LogP contribution in [0.1, 0.15) is 15.9 Å². The molecule has 194 valence electrons. The molecule has 0 saturated heterocycles. The van der Waals surface area contributed by atoms with Gasteiger partial charge in [-0.15, -0.1) is 0 Å². The van der Waals surface area contributed by atoms with Gasteiger partial charge in [0.15, 0.2) is 5.82 Å². The molecule has 0 saturated carbocycles. The van der Waals surface area contributed by atoms with Crippen LogP contribution in [0.4, 0.5) is 18.9 Å². The van der Waals surface area contributed by atoms with Gasteiger partial charge in [-0.2, -0.15) is 0 Å². The van der Waals surface area contributed by atoms with Crippen molar-refractivity contribution in [3.05, 3.63) is 114 Å². The molecule has 0 unspecified atom stereocenters. The van der Waals surface area contributed by atoms with E-state index in [1.54, 1.807) is 18.5 Å². The number of hydrogen-bond acceptors (Lipinski definition) is 5. The van der Waals surface area contributed by atoms with Crippen LogP contribution in [-0.4, -0.2) is 33.6 Å². The molecule has 6 aromatic rings. The van der Waals surface area contributed by atoms with Crippen molar-refractivity contribution in [2.75, 3.05) is 4.72 Å². The first-order valence-electron chi connectivity index (χ1n) is 11.4. The summed E-state index contributed by atoms with van der Waals surface area (Å²) in [6.45, 7) is 0. The number of pyridine rings is 2. The van der Waals surface area contributed by atoms with Crippen LogP contribution in [0.5, 0.6) is 0 Å². The summed E-state index contributed by atoms with van der Waals surface area (Å²) in [5.74, 6) is -4.45. The lowest BCUT2D eigenvalue weighted by Crippen LogP contribution is -2.16. The number of sulfonamides is 1. The number of carbonyl (C=O) groups excluding carboxylic acids is 1. The van der Waals surface area contributed by atoms with E-state index in [4.69, 9.17) is 0 Å². The molecule has 0 aliphatic rings. The summed E-state index contributed by atoms with van der Waals surface area (Å²) >= 11 is 0. The highest BCUT2D eigenvalue weighted by Gasteiger charge is 2.27. The number of nitrogens with zero attached hydrogens (tertiary/aromatic N) is 3. The van der Waals surface area contributed by atoms with E-state index in [2.05, 4.69) is 15.0 Å². The van der Waals surface area contributed by atoms with Gasteiger partial charge in [-0.05, 0) is 48.5 Å². The van der Waals surface area contributed by atoms with Crippen LogP contribution in [0, 0.1) is 17.5 Å². The summed E-state index contributed by atoms with van der Waals surface area (Å²) in [4.78, 5) is 24.6. The summed E-state index contributed by atoms with van der Waals surface area (Å²) in [6.07, 6.45) is 6.43. The Morgan fingerprint density at radius 1 is 1.00 bits per heavy atom. The van der Waals surface area contributed by atoms with Gasteiger partial charge in [-0.25, -0.2) is 31.6 Å². The van der Waals surface area contributed by atoms with Crippen LogP contribution in [0.25, 0.3) is 27.9 Å². The standard InChI is InChI=1S/C27H16F3N5O3S/c28-16-4-3-5-17(11-16)39(37,38)34-21-8-7-20(29)24(25(21)30)26(36)19-13-32-27-18(19)10-15(12-31-27)22-14-35-9-2-1-6-23(35)33-22/h1-14,34H,(H,31,32). The molecule has 0 aliphatic carbocycles. The number of fused-ring (bicyclic) bond motifs is 2. The van der Waals surface area contributed by atoms with Crippen LogP contribution in [-0.2, 0) is 10.0 Å². The Labute approximate surface area is 218 Å². The van der Waals surface area contributed by atoms with Gasteiger partial charge >= 0.3 is 0 Å². The van der Waals surface area contributed by atoms with E-state index in [-0.39, 0.29) is 5.56 Å². The summed E-state index contributed by atoms with van der Waals surface area (Å²) in [6, 6.07) is 12.8. The Bertz CT molecular complexity index is 2000. The van der Waals surface area contributed by atoms with Crippen molar-refractivity contribution in [2.24, 2.45) is 0 Å². The highest BCUT2D eigenvalue weighted by molar-refractivity contribution is 7.92. The van der Waals surface area contributed by atoms with Crippen molar-refractivity contribution < 1.29 is 26.4 Å². The van der Waals surface area contributed by atoms with Crippen LogP contribution in [0.15, 0.2) is 90.3 Å². The minimum absolute atomic E-state index is 0.0777. The van der Waals surface area contributed by atoms with E-state index >= 15 is 4.39 Å². The second-order valence-corrected chi connectivity index (χ2v) is 10.3. The van der Waals surface area contributed by atoms with Crippen LogP contribution in [0.3, 0.4) is 0 Å². The smallest absolute Gasteiger partial charge is 0.262 e. The number of aromatic amines is 1. The average molecular weight is 548 g/mol. The predicted molar refractivity (Wildman–Crippen MR) is 137 cm³/mol. The number of anilines is 1. The SMILES string of the molecule is O=C(c1c(F)ccc(NS(=O)(=O)c2cccc(F)c2)c1F)c1c[nH]c2ncc(-c3cn4ccccc4n3)cc12. The van der Waals surface area contributed by atoms with E-state index < -0.39 is 49.4 Å². The van der Waals surface area contributed by atoms with E-state index in [1.165, 1.54) is 12.3 Å². The Hall–Kier alpha value is -4.97. The lowest BCUT2D eigenvalue weighted by atomic mass is 10.0. The maximum Gasteiger partial charge on any atom is 0.262 e. The number of benzene rings is 2. The molecular formula is C27H16F3N5O3S. The molecule has 0 amide bonds. The van der Waals surface area contributed by atoms with Gasteiger partial charge in [0.2, 0.25) is 5.78 Å². The third-order valence-electron chi connectivity index (χ3n) is 6.10. The Balaban J connectivity index is 1.39. The second-order valence-electron chi connectivity index (χ2n) is 8.59. The van der Waals surface area contributed by atoms with Gasteiger partial charge in [-0.3, -0.25) is 9.52 Å². The lowest BCUT2D eigenvalue weighted by molar-refractivity contribution is 0.103. The van der Waals surface area contributed by atoms with Gasteiger partial charge < -0.3 is 9.38 Å². The predicted octanol–water partition coefficient (Wildman–Crippen LogP) is 5.33. The fourth-order valence-corrected chi connectivity index (χ4v) is 5.31. The first kappa shape index (κ1) is 24.4. The molecule has 0 radical (unpaired) electrons. The molecule has 39 heavy (non-hydrogen) atoms. The average Bonchev–Trinajstić information content (AvgIpc) is 3.54. The Morgan fingerprint density at radius 2 is 1.85 bits per heavy atom. The van der Waals surface area contributed by atoms with E-state index in [1.807, 2.05) is 33.5 Å². The number of halogens is 3. The molecule has 6 rings (SSSR count). The van der Waals surface area contributed by atoms with Gasteiger partial charge in [0.1, 0.15) is 22.9 Å². The Morgan fingerprint density at radius 3 is 2.64 bits per heavy atom. The maximum absolute atomic E-state index is 15.5. The third-order valence-corrected chi connectivity index (χ3v) is 7.47. The molecule has 0 atom stereocenters. The topological polar surface area (TPSA) is 109 Å². The zero-order valence-corrected chi connectivity index (χ0v) is 20.5. The summed E-state index contributed by atoms with van der Waals surface area (Å²) in [5.41, 5.74) is 0.417. The van der Waals surface area contributed by atoms with Gasteiger partial charge in [0.25, 0.3) is 10.0 Å². The van der Waals surface area contributed by atoms with Crippen LogP contribution >= 0.6 is 0 Å². The minimum Gasteiger partial charge on any atom is -0.345 e. The molecule has 2 aromatic carbocycles. The number of H-pyrrole nitrogens is 1. The molecule has 0 aliphatic heterocycles. The van der Waals surface area contributed by atoms with Crippen molar-refractivity contribution in [2.45, 2.75) is 4.90 Å². The van der Waals surface area contributed by atoms with Crippen molar-refractivity contribution >= 4 is 38.2 Å². The molecule has 2 N–H and O–H groups in total. The normalized spacial score (nSPS) is 11.8. The van der Waals surface area contributed by atoms with Gasteiger partial charge in [0.05, 0.1) is 21.8 Å². The quantitative estimate of drug-likeness (QED) is 0.274. The highest BCUT2D eigenvalue weighted by atomic mass is 32.2. The third kappa shape index (κ3) is 4.30. The van der Waals surface area contributed by atoms with E-state index in [9.17, 15) is 22.0 Å². The monoisotopic (exact) mass is 547 g/mol. The number of aromatic nitrogens is 4. The summed E-state index contributed by atoms with van der Waals surface area (Å²) in [5, 5.41) is 0.291. The highest BCUT2D eigenvalue weighted by Crippen LogP contribution is 2.30. The number of ketones is 1.